The molecule has 4 aliphatic carbocycles. The van der Waals surface area contributed by atoms with E-state index in [1.54, 1.807) is 0 Å². The molecule has 0 spiro atoms. The fraction of sp³-hybridized carbons (Fsp3) is 0.917. The molecular formula is C48H80O18. The van der Waals surface area contributed by atoms with Gasteiger partial charge in [-0.05, 0) is 106 Å². The summed E-state index contributed by atoms with van der Waals surface area (Å²) in [6.07, 6.45) is -14.6. The summed E-state index contributed by atoms with van der Waals surface area (Å²) in [5.74, 6) is -0.360. The summed E-state index contributed by atoms with van der Waals surface area (Å²) in [6, 6.07) is 0. The predicted octanol–water partition coefficient (Wildman–Crippen LogP) is -0.107. The average molecular weight is 945 g/mol. The van der Waals surface area contributed by atoms with Crippen molar-refractivity contribution in [3.8, 4) is 0 Å². The molecule has 0 amide bonds. The van der Waals surface area contributed by atoms with Crippen LogP contribution in [0.4, 0.5) is 0 Å². The van der Waals surface area contributed by atoms with Crippen LogP contribution in [-0.4, -0.2) is 191 Å². The third-order valence-corrected chi connectivity index (χ3v) is 18.1. The third kappa shape index (κ3) is 8.71. The maximum Gasteiger partial charge on any atom is 0.187 e. The first-order valence-electron chi connectivity index (χ1n) is 24.1. The van der Waals surface area contributed by atoms with E-state index in [1.807, 2.05) is 20.8 Å². The van der Waals surface area contributed by atoms with Crippen LogP contribution >= 0.6 is 0 Å². The highest BCUT2D eigenvalue weighted by Gasteiger charge is 2.71. The van der Waals surface area contributed by atoms with E-state index in [-0.39, 0.29) is 28.6 Å². The van der Waals surface area contributed by atoms with Gasteiger partial charge in [-0.2, -0.15) is 0 Å². The van der Waals surface area contributed by atoms with E-state index in [0.717, 1.165) is 24.0 Å². The summed E-state index contributed by atoms with van der Waals surface area (Å²) >= 11 is 0. The number of aliphatic hydroxyl groups excluding tert-OH is 12. The van der Waals surface area contributed by atoms with Crippen molar-refractivity contribution in [2.75, 3.05) is 19.8 Å². The van der Waals surface area contributed by atoms with Crippen LogP contribution in [0.3, 0.4) is 0 Å². The molecule has 3 aliphatic heterocycles. The topological polar surface area (TPSA) is 298 Å². The molecule has 7 aliphatic rings. The van der Waals surface area contributed by atoms with Crippen LogP contribution < -0.4 is 0 Å². The first-order valence-corrected chi connectivity index (χ1v) is 24.1. The summed E-state index contributed by atoms with van der Waals surface area (Å²) in [5.41, 5.74) is -0.390. The third-order valence-electron chi connectivity index (χ3n) is 18.1. The standard InChI is InChI=1S/C48H80O18/c1-22(2)10-9-14-48(8,66-42-39(60)36(57)33(54)26(20-50)62-42)23-11-16-47(7)31(23)24(52)18-29-45(5)15-13-30(44(3,4)28(45)12-17-46(29,47)6)64-43-40(37(58)34(55)27(21-51)63-43)65-41-38(59)35(56)32(53)25(19-49)61-41/h10,12,23-27,29-43,49-60H,9,11,13-21H2,1-8H3/t23-,24-,25+,26+,27+,29?,30+,31+,32+,33+,34+,35-,36-,37-,38+,39+,40+,41-,42-,43-,45-,46+,47-,48-/m0/s1. The average Bonchev–Trinajstić information content (AvgIpc) is 3.65. The fourth-order valence-electron chi connectivity index (χ4n) is 14.1. The molecule has 0 aromatic carbocycles. The van der Waals surface area contributed by atoms with E-state index >= 15 is 0 Å². The number of hydrogen-bond acceptors (Lipinski definition) is 18. The Bertz CT molecular complexity index is 1740. The Morgan fingerprint density at radius 1 is 0.682 bits per heavy atom. The van der Waals surface area contributed by atoms with Gasteiger partial charge in [0.05, 0.1) is 37.6 Å². The number of allylic oxidation sites excluding steroid dienone is 3. The maximum absolute atomic E-state index is 12.6. The summed E-state index contributed by atoms with van der Waals surface area (Å²) in [5, 5.41) is 129. The zero-order valence-corrected chi connectivity index (χ0v) is 39.8. The summed E-state index contributed by atoms with van der Waals surface area (Å²) in [6.45, 7) is 15.2. The zero-order valence-electron chi connectivity index (χ0n) is 39.8. The van der Waals surface area contributed by atoms with E-state index in [0.29, 0.717) is 38.5 Å². The van der Waals surface area contributed by atoms with Crippen LogP contribution in [0.15, 0.2) is 23.3 Å². The van der Waals surface area contributed by atoms with Crippen molar-refractivity contribution < 1.29 is 89.7 Å². The Balaban J connectivity index is 1.15. The van der Waals surface area contributed by atoms with Crippen LogP contribution in [0.5, 0.6) is 0 Å². The smallest absolute Gasteiger partial charge is 0.187 e. The fourth-order valence-corrected chi connectivity index (χ4v) is 14.1. The summed E-state index contributed by atoms with van der Waals surface area (Å²) < 4.78 is 37.1. The second-order valence-corrected chi connectivity index (χ2v) is 22.4. The maximum atomic E-state index is 12.6. The van der Waals surface area contributed by atoms with Crippen molar-refractivity contribution in [1.29, 1.82) is 0 Å². The lowest BCUT2D eigenvalue weighted by atomic mass is 9.37. The molecule has 12 N–H and O–H groups in total. The molecule has 24 atom stereocenters. The van der Waals surface area contributed by atoms with Crippen LogP contribution in [0.25, 0.3) is 0 Å². The van der Waals surface area contributed by atoms with Crippen molar-refractivity contribution in [3.05, 3.63) is 23.3 Å². The molecule has 7 rings (SSSR count). The van der Waals surface area contributed by atoms with Gasteiger partial charge in [0.1, 0.15) is 73.2 Å². The molecule has 18 heteroatoms. The zero-order chi connectivity index (χ0) is 48.6. The van der Waals surface area contributed by atoms with Gasteiger partial charge in [0.15, 0.2) is 18.9 Å². The van der Waals surface area contributed by atoms with Gasteiger partial charge < -0.3 is 89.7 Å². The molecule has 0 bridgehead atoms. The lowest BCUT2D eigenvalue weighted by Crippen LogP contribution is -2.66. The number of rotatable bonds is 13. The lowest BCUT2D eigenvalue weighted by molar-refractivity contribution is -0.375. The number of hydrogen-bond donors (Lipinski definition) is 12. The highest BCUT2D eigenvalue weighted by molar-refractivity contribution is 5.34. The largest absolute Gasteiger partial charge is 0.394 e. The highest BCUT2D eigenvalue weighted by Crippen LogP contribution is 2.75. The Morgan fingerprint density at radius 2 is 1.23 bits per heavy atom. The molecule has 1 unspecified atom stereocenters. The van der Waals surface area contributed by atoms with E-state index in [9.17, 15) is 61.3 Å². The van der Waals surface area contributed by atoms with Gasteiger partial charge in [-0.1, -0.05) is 57.9 Å². The van der Waals surface area contributed by atoms with Gasteiger partial charge in [-0.3, -0.25) is 0 Å². The molecule has 3 heterocycles. The molecule has 380 valence electrons. The normalized spacial score (nSPS) is 51.2. The second-order valence-electron chi connectivity index (χ2n) is 22.4. The Hall–Kier alpha value is -1.24. The van der Waals surface area contributed by atoms with Gasteiger partial charge in [0.25, 0.3) is 0 Å². The molecule has 66 heavy (non-hydrogen) atoms. The van der Waals surface area contributed by atoms with E-state index < -0.39 is 141 Å². The molecule has 0 aromatic heterocycles. The van der Waals surface area contributed by atoms with Crippen LogP contribution in [0, 0.1) is 39.4 Å². The highest BCUT2D eigenvalue weighted by atomic mass is 16.8. The van der Waals surface area contributed by atoms with Gasteiger partial charge in [-0.15, -0.1) is 0 Å². The summed E-state index contributed by atoms with van der Waals surface area (Å²) in [4.78, 5) is 0. The number of fused-ring (bicyclic) bond motifs is 5. The number of aliphatic hydroxyl groups is 12. The molecule has 3 saturated heterocycles. The van der Waals surface area contributed by atoms with Crippen molar-refractivity contribution in [3.63, 3.8) is 0 Å². The predicted molar refractivity (Wildman–Crippen MR) is 234 cm³/mol. The number of ether oxygens (including phenoxy) is 6. The minimum atomic E-state index is -1.80. The Labute approximate surface area is 388 Å². The van der Waals surface area contributed by atoms with E-state index in [4.69, 9.17) is 28.4 Å². The first kappa shape index (κ1) is 52.6. The molecule has 3 saturated carbocycles. The van der Waals surface area contributed by atoms with E-state index in [2.05, 4.69) is 46.8 Å². The Morgan fingerprint density at radius 3 is 1.80 bits per heavy atom. The van der Waals surface area contributed by atoms with Gasteiger partial charge in [0, 0.05) is 5.41 Å². The molecule has 18 nitrogen and oxygen atoms in total. The van der Waals surface area contributed by atoms with Crippen molar-refractivity contribution in [2.24, 2.45) is 39.4 Å². The molecule has 0 radical (unpaired) electrons. The Kier molecular flexibility index (Phi) is 15.5. The first-order chi connectivity index (χ1) is 30.8. The quantitative estimate of drug-likeness (QED) is 0.107. The lowest BCUT2D eigenvalue weighted by Gasteiger charge is -2.68. The van der Waals surface area contributed by atoms with Crippen LogP contribution in [0.1, 0.15) is 107 Å². The second kappa shape index (κ2) is 19.4. The summed E-state index contributed by atoms with van der Waals surface area (Å²) in [7, 11) is 0. The van der Waals surface area contributed by atoms with Crippen molar-refractivity contribution in [1.82, 2.24) is 0 Å². The minimum Gasteiger partial charge on any atom is -0.394 e. The minimum absolute atomic E-state index is 0.0347. The monoisotopic (exact) mass is 945 g/mol. The SMILES string of the molecule is CC(C)=CCC[C@](C)(O[C@@H]1O[C@H](CO)[C@@H](O)[C@H](O)[C@H]1O)[C@H]1CC[C@@]2(C)[C@H]1[C@@H](O)CC1[C@@]3(C)CC[C@@H](O[C@@H]4O[C@H](CO)[C@@H](O)[C@H](O)[C@H]4O[C@@H]4O[C@H](CO)[C@@H](O)[C@H](O)[C@H]4O)C(C)(C)C3=CC[C@]12C. The molecule has 0 aromatic rings. The van der Waals surface area contributed by atoms with Crippen molar-refractivity contribution in [2.45, 2.75) is 217 Å². The molecular weight excluding hydrogens is 865 g/mol. The van der Waals surface area contributed by atoms with Crippen LogP contribution in [0.2, 0.25) is 0 Å². The molecule has 6 fully saturated rings. The van der Waals surface area contributed by atoms with Crippen molar-refractivity contribution >= 4 is 0 Å². The van der Waals surface area contributed by atoms with Crippen LogP contribution in [-0.2, 0) is 28.4 Å². The van der Waals surface area contributed by atoms with E-state index in [1.165, 1.54) is 0 Å². The van der Waals surface area contributed by atoms with Gasteiger partial charge in [-0.25, -0.2) is 0 Å². The van der Waals surface area contributed by atoms with Gasteiger partial charge in [0.2, 0.25) is 0 Å². The van der Waals surface area contributed by atoms with Gasteiger partial charge >= 0.3 is 0 Å².